The van der Waals surface area contributed by atoms with E-state index in [2.05, 4.69) is 15.2 Å². The second kappa shape index (κ2) is 4.09. The standard InChI is InChI=1S/C13H11N5O/c14-9-3-8(5-16-6-9)7-1-2-11-10(4-7)12(13(15)19)18-17-11/h1-6H,14H2,(H2,15,19)(H,17,18). The summed E-state index contributed by atoms with van der Waals surface area (Å²) in [5, 5.41) is 7.36. The van der Waals surface area contributed by atoms with Gasteiger partial charge in [-0.1, -0.05) is 6.07 Å². The van der Waals surface area contributed by atoms with Gasteiger partial charge >= 0.3 is 0 Å². The van der Waals surface area contributed by atoms with Crippen LogP contribution in [-0.4, -0.2) is 21.1 Å². The summed E-state index contributed by atoms with van der Waals surface area (Å²) < 4.78 is 0. The number of nitrogen functional groups attached to an aromatic ring is 1. The van der Waals surface area contributed by atoms with Gasteiger partial charge in [0.05, 0.1) is 11.2 Å². The second-order valence-electron chi connectivity index (χ2n) is 4.20. The number of carbonyl (C=O) groups excluding carboxylic acids is 1. The van der Waals surface area contributed by atoms with Gasteiger partial charge in [0, 0.05) is 23.3 Å². The van der Waals surface area contributed by atoms with Crippen molar-refractivity contribution >= 4 is 22.5 Å². The SMILES string of the molecule is NC(=O)c1n[nH]c2ccc(-c3cncc(N)c3)cc12. The number of nitrogens with zero attached hydrogens (tertiary/aromatic N) is 2. The fraction of sp³-hybridized carbons (Fsp3) is 0. The molecule has 1 amide bonds. The molecule has 0 aliphatic heterocycles. The third-order valence-corrected chi connectivity index (χ3v) is 2.89. The first kappa shape index (κ1) is 11.2. The molecule has 1 aromatic carbocycles. The number of fused-ring (bicyclic) bond motifs is 1. The number of hydrogen-bond acceptors (Lipinski definition) is 4. The largest absolute Gasteiger partial charge is 0.397 e. The Hall–Kier alpha value is -2.89. The molecule has 0 fully saturated rings. The summed E-state index contributed by atoms with van der Waals surface area (Å²) in [5.74, 6) is -0.561. The zero-order chi connectivity index (χ0) is 13.4. The molecule has 2 heterocycles. The van der Waals surface area contributed by atoms with E-state index in [1.165, 1.54) is 0 Å². The number of rotatable bonds is 2. The van der Waals surface area contributed by atoms with Crippen LogP contribution >= 0.6 is 0 Å². The average molecular weight is 253 g/mol. The first-order valence-corrected chi connectivity index (χ1v) is 5.64. The Labute approximate surface area is 108 Å². The van der Waals surface area contributed by atoms with E-state index >= 15 is 0 Å². The van der Waals surface area contributed by atoms with Crippen LogP contribution in [0.2, 0.25) is 0 Å². The van der Waals surface area contributed by atoms with E-state index in [-0.39, 0.29) is 5.69 Å². The summed E-state index contributed by atoms with van der Waals surface area (Å²) in [6.07, 6.45) is 3.29. The molecule has 0 radical (unpaired) electrons. The maximum atomic E-state index is 11.3. The van der Waals surface area contributed by atoms with Crippen LogP contribution in [0.4, 0.5) is 5.69 Å². The number of nitrogens with two attached hydrogens (primary N) is 2. The Kier molecular flexibility index (Phi) is 2.42. The number of pyridine rings is 1. The molecule has 0 unspecified atom stereocenters. The highest BCUT2D eigenvalue weighted by Gasteiger charge is 2.11. The van der Waals surface area contributed by atoms with Crippen LogP contribution in [-0.2, 0) is 0 Å². The molecular formula is C13H11N5O. The number of anilines is 1. The van der Waals surface area contributed by atoms with Crippen molar-refractivity contribution in [1.82, 2.24) is 15.2 Å². The van der Waals surface area contributed by atoms with E-state index in [1.807, 2.05) is 24.3 Å². The Balaban J connectivity index is 2.20. The number of amides is 1. The van der Waals surface area contributed by atoms with E-state index in [0.717, 1.165) is 16.6 Å². The fourth-order valence-electron chi connectivity index (χ4n) is 2.00. The van der Waals surface area contributed by atoms with Gasteiger partial charge in [-0.25, -0.2) is 0 Å². The number of primary amides is 1. The molecule has 0 bridgehead atoms. The topological polar surface area (TPSA) is 111 Å². The van der Waals surface area contributed by atoms with Gasteiger partial charge in [0.2, 0.25) is 0 Å². The van der Waals surface area contributed by atoms with Gasteiger partial charge < -0.3 is 11.5 Å². The van der Waals surface area contributed by atoms with Gasteiger partial charge in [0.15, 0.2) is 5.69 Å². The molecule has 0 atom stereocenters. The molecule has 0 spiro atoms. The number of carbonyl (C=O) groups is 1. The molecule has 6 heteroatoms. The predicted molar refractivity (Wildman–Crippen MR) is 72.3 cm³/mol. The van der Waals surface area contributed by atoms with Gasteiger partial charge in [-0.3, -0.25) is 14.9 Å². The average Bonchev–Trinajstić information content (AvgIpc) is 2.81. The minimum absolute atomic E-state index is 0.230. The zero-order valence-corrected chi connectivity index (χ0v) is 9.92. The van der Waals surface area contributed by atoms with Gasteiger partial charge in [-0.15, -0.1) is 0 Å². The molecule has 0 aliphatic carbocycles. The quantitative estimate of drug-likeness (QED) is 0.639. The maximum Gasteiger partial charge on any atom is 0.269 e. The van der Waals surface area contributed by atoms with E-state index < -0.39 is 5.91 Å². The molecule has 3 aromatic rings. The third kappa shape index (κ3) is 1.89. The molecule has 5 N–H and O–H groups in total. The third-order valence-electron chi connectivity index (χ3n) is 2.89. The number of nitrogens with one attached hydrogen (secondary N) is 1. The molecule has 94 valence electrons. The predicted octanol–water partition coefficient (Wildman–Crippen LogP) is 1.31. The van der Waals surface area contributed by atoms with Crippen molar-refractivity contribution in [3.8, 4) is 11.1 Å². The van der Waals surface area contributed by atoms with E-state index in [4.69, 9.17) is 11.5 Å². The van der Waals surface area contributed by atoms with Crippen LogP contribution in [0.15, 0.2) is 36.7 Å². The number of H-pyrrole nitrogens is 1. The molecule has 0 aliphatic rings. The van der Waals surface area contributed by atoms with Crippen molar-refractivity contribution in [2.75, 3.05) is 5.73 Å². The van der Waals surface area contributed by atoms with E-state index in [9.17, 15) is 4.79 Å². The highest BCUT2D eigenvalue weighted by atomic mass is 16.1. The fourth-order valence-corrected chi connectivity index (χ4v) is 2.00. The van der Waals surface area contributed by atoms with Gasteiger partial charge in [-0.05, 0) is 23.8 Å². The molecular weight excluding hydrogens is 242 g/mol. The van der Waals surface area contributed by atoms with E-state index in [0.29, 0.717) is 11.1 Å². The van der Waals surface area contributed by atoms with Crippen LogP contribution < -0.4 is 11.5 Å². The number of benzene rings is 1. The number of aromatic amines is 1. The Morgan fingerprint density at radius 2 is 2.00 bits per heavy atom. The number of aromatic nitrogens is 3. The summed E-state index contributed by atoms with van der Waals surface area (Å²) in [6.45, 7) is 0. The summed E-state index contributed by atoms with van der Waals surface area (Å²) in [7, 11) is 0. The monoisotopic (exact) mass is 253 g/mol. The van der Waals surface area contributed by atoms with Crippen LogP contribution in [0.1, 0.15) is 10.5 Å². The molecule has 2 aromatic heterocycles. The van der Waals surface area contributed by atoms with Crippen molar-refractivity contribution in [2.45, 2.75) is 0 Å². The highest BCUT2D eigenvalue weighted by molar-refractivity contribution is 6.04. The van der Waals surface area contributed by atoms with Crippen LogP contribution in [0.5, 0.6) is 0 Å². The first-order valence-electron chi connectivity index (χ1n) is 5.64. The molecule has 19 heavy (non-hydrogen) atoms. The van der Waals surface area contributed by atoms with Crippen molar-refractivity contribution < 1.29 is 4.79 Å². The Morgan fingerprint density at radius 1 is 1.16 bits per heavy atom. The summed E-state index contributed by atoms with van der Waals surface area (Å²) in [6, 6.07) is 7.41. The summed E-state index contributed by atoms with van der Waals surface area (Å²) in [5.41, 5.74) is 14.3. The molecule has 6 nitrogen and oxygen atoms in total. The lowest BCUT2D eigenvalue weighted by Gasteiger charge is -2.02. The molecule has 0 saturated heterocycles. The first-order chi connectivity index (χ1) is 9.15. The lowest BCUT2D eigenvalue weighted by molar-refractivity contribution is 0.0997. The van der Waals surface area contributed by atoms with Gasteiger partial charge in [0.1, 0.15) is 0 Å². The molecule has 0 saturated carbocycles. The van der Waals surface area contributed by atoms with Crippen LogP contribution in [0, 0.1) is 0 Å². The van der Waals surface area contributed by atoms with Crippen LogP contribution in [0.3, 0.4) is 0 Å². The van der Waals surface area contributed by atoms with E-state index in [1.54, 1.807) is 12.4 Å². The minimum Gasteiger partial charge on any atom is -0.397 e. The van der Waals surface area contributed by atoms with Gasteiger partial charge in [-0.2, -0.15) is 5.10 Å². The Bertz CT molecular complexity index is 778. The number of hydrogen-bond donors (Lipinski definition) is 3. The highest BCUT2D eigenvalue weighted by Crippen LogP contribution is 2.25. The van der Waals surface area contributed by atoms with Crippen molar-refractivity contribution in [1.29, 1.82) is 0 Å². The molecule has 3 rings (SSSR count). The zero-order valence-electron chi connectivity index (χ0n) is 9.92. The maximum absolute atomic E-state index is 11.3. The lowest BCUT2D eigenvalue weighted by Crippen LogP contribution is -2.11. The lowest BCUT2D eigenvalue weighted by atomic mass is 10.0. The smallest absolute Gasteiger partial charge is 0.269 e. The Morgan fingerprint density at radius 3 is 2.74 bits per heavy atom. The van der Waals surface area contributed by atoms with Crippen molar-refractivity contribution in [3.05, 3.63) is 42.4 Å². The minimum atomic E-state index is -0.561. The van der Waals surface area contributed by atoms with Crippen molar-refractivity contribution in [2.24, 2.45) is 5.73 Å². The van der Waals surface area contributed by atoms with Crippen molar-refractivity contribution in [3.63, 3.8) is 0 Å². The van der Waals surface area contributed by atoms with Gasteiger partial charge in [0.25, 0.3) is 5.91 Å². The van der Waals surface area contributed by atoms with Crippen LogP contribution in [0.25, 0.3) is 22.0 Å². The summed E-state index contributed by atoms with van der Waals surface area (Å²) in [4.78, 5) is 15.3. The normalized spacial score (nSPS) is 10.7. The summed E-state index contributed by atoms with van der Waals surface area (Å²) >= 11 is 0. The second-order valence-corrected chi connectivity index (χ2v) is 4.20.